The van der Waals surface area contributed by atoms with E-state index in [9.17, 15) is 17.6 Å². The number of halogens is 1. The Balaban J connectivity index is 1.63. The van der Waals surface area contributed by atoms with Crippen LogP contribution in [0.3, 0.4) is 0 Å². The first-order chi connectivity index (χ1) is 13.4. The monoisotopic (exact) mass is 396 g/mol. The summed E-state index contributed by atoms with van der Waals surface area (Å²) < 4.78 is 40.1. The zero-order chi connectivity index (χ0) is 20.0. The molecule has 0 aliphatic carbocycles. The molecular weight excluding hydrogens is 379 g/mol. The minimum atomic E-state index is -3.72. The fourth-order valence-electron chi connectivity index (χ4n) is 2.37. The van der Waals surface area contributed by atoms with E-state index in [0.29, 0.717) is 16.9 Å². The van der Waals surface area contributed by atoms with Crippen molar-refractivity contribution in [1.82, 2.24) is 0 Å². The highest BCUT2D eigenvalue weighted by molar-refractivity contribution is 7.92. The van der Waals surface area contributed by atoms with Gasteiger partial charge < -0.3 is 5.32 Å². The summed E-state index contributed by atoms with van der Waals surface area (Å²) in [5.41, 5.74) is 1.60. The van der Waals surface area contributed by atoms with Crippen LogP contribution in [0.4, 0.5) is 15.8 Å². The van der Waals surface area contributed by atoms with Crippen LogP contribution in [0, 0.1) is 5.82 Å². The number of benzene rings is 3. The van der Waals surface area contributed by atoms with E-state index in [1.54, 1.807) is 48.5 Å². The summed E-state index contributed by atoms with van der Waals surface area (Å²) in [5, 5.41) is 2.64. The summed E-state index contributed by atoms with van der Waals surface area (Å²) in [6.45, 7) is 0. The average molecular weight is 396 g/mol. The lowest BCUT2D eigenvalue weighted by Gasteiger charge is -2.09. The molecule has 28 heavy (non-hydrogen) atoms. The van der Waals surface area contributed by atoms with Crippen molar-refractivity contribution in [3.8, 4) is 0 Å². The van der Waals surface area contributed by atoms with E-state index in [-0.39, 0.29) is 16.6 Å². The summed E-state index contributed by atoms with van der Waals surface area (Å²) in [6.07, 6.45) is 2.87. The quantitative estimate of drug-likeness (QED) is 0.611. The van der Waals surface area contributed by atoms with Gasteiger partial charge in [0.2, 0.25) is 5.91 Å². The summed E-state index contributed by atoms with van der Waals surface area (Å²) in [6, 6.07) is 20.1. The highest BCUT2D eigenvalue weighted by Crippen LogP contribution is 2.18. The Hall–Kier alpha value is -3.45. The van der Waals surface area contributed by atoms with Gasteiger partial charge >= 0.3 is 0 Å². The maximum atomic E-state index is 12.9. The topological polar surface area (TPSA) is 75.3 Å². The number of hydrogen-bond acceptors (Lipinski definition) is 3. The maximum Gasteiger partial charge on any atom is 0.261 e. The molecule has 0 aliphatic heterocycles. The molecule has 0 unspecified atom stereocenters. The van der Waals surface area contributed by atoms with E-state index in [1.807, 2.05) is 0 Å². The van der Waals surface area contributed by atoms with E-state index in [1.165, 1.54) is 42.5 Å². The third-order valence-corrected chi connectivity index (χ3v) is 5.15. The summed E-state index contributed by atoms with van der Waals surface area (Å²) in [4.78, 5) is 12.1. The van der Waals surface area contributed by atoms with Crippen molar-refractivity contribution < 1.29 is 17.6 Å². The van der Waals surface area contributed by atoms with E-state index >= 15 is 0 Å². The molecule has 0 saturated carbocycles. The van der Waals surface area contributed by atoms with Gasteiger partial charge in [0.25, 0.3) is 10.0 Å². The minimum absolute atomic E-state index is 0.0798. The molecule has 3 aromatic rings. The van der Waals surface area contributed by atoms with Crippen molar-refractivity contribution >= 4 is 33.4 Å². The lowest BCUT2D eigenvalue weighted by Crippen LogP contribution is -2.13. The van der Waals surface area contributed by atoms with Gasteiger partial charge in [-0.2, -0.15) is 0 Å². The van der Waals surface area contributed by atoms with Crippen LogP contribution < -0.4 is 10.0 Å². The number of amides is 1. The van der Waals surface area contributed by atoms with Gasteiger partial charge in [-0.1, -0.05) is 30.3 Å². The zero-order valence-electron chi connectivity index (χ0n) is 14.7. The molecule has 0 aromatic heterocycles. The summed E-state index contributed by atoms with van der Waals surface area (Å²) in [7, 11) is -3.72. The van der Waals surface area contributed by atoms with Crippen LogP contribution in [-0.2, 0) is 14.8 Å². The number of anilines is 2. The van der Waals surface area contributed by atoms with Gasteiger partial charge in [-0.25, -0.2) is 12.8 Å². The molecule has 0 saturated heterocycles. The lowest BCUT2D eigenvalue weighted by atomic mass is 10.2. The molecule has 0 radical (unpaired) electrons. The summed E-state index contributed by atoms with van der Waals surface area (Å²) in [5.74, 6) is -0.735. The molecule has 1 amide bonds. The Morgan fingerprint density at radius 1 is 0.821 bits per heavy atom. The predicted octanol–water partition coefficient (Wildman–Crippen LogP) is 4.28. The third-order valence-electron chi connectivity index (χ3n) is 3.76. The fraction of sp³-hybridized carbons (Fsp3) is 0. The molecule has 0 fully saturated rings. The molecule has 7 heteroatoms. The molecule has 0 bridgehead atoms. The first-order valence-electron chi connectivity index (χ1n) is 8.35. The SMILES string of the molecule is O=C(C=Cc1ccc(F)cc1)Nc1ccc(S(=O)(=O)Nc2ccccc2)cc1. The van der Waals surface area contributed by atoms with Gasteiger partial charge in [0.1, 0.15) is 5.82 Å². The van der Waals surface area contributed by atoms with Crippen LogP contribution in [0.25, 0.3) is 6.08 Å². The Kier molecular flexibility index (Phi) is 5.86. The smallest absolute Gasteiger partial charge is 0.261 e. The molecule has 3 aromatic carbocycles. The largest absolute Gasteiger partial charge is 0.323 e. The van der Waals surface area contributed by atoms with E-state index in [2.05, 4.69) is 10.0 Å². The average Bonchev–Trinajstić information content (AvgIpc) is 2.68. The number of carbonyl (C=O) groups is 1. The molecule has 0 heterocycles. The third kappa shape index (κ3) is 5.28. The van der Waals surface area contributed by atoms with Crippen molar-refractivity contribution in [3.05, 3.63) is 96.3 Å². The van der Waals surface area contributed by atoms with Gasteiger partial charge in [0.15, 0.2) is 0 Å². The Bertz CT molecular complexity index is 1080. The number of nitrogens with one attached hydrogen (secondary N) is 2. The molecule has 0 aliphatic rings. The highest BCUT2D eigenvalue weighted by atomic mass is 32.2. The fourth-order valence-corrected chi connectivity index (χ4v) is 3.43. The van der Waals surface area contributed by atoms with Gasteiger partial charge in [0, 0.05) is 17.5 Å². The van der Waals surface area contributed by atoms with Crippen molar-refractivity contribution in [2.24, 2.45) is 0 Å². The highest BCUT2D eigenvalue weighted by Gasteiger charge is 2.14. The van der Waals surface area contributed by atoms with Gasteiger partial charge in [-0.05, 0) is 60.2 Å². The van der Waals surface area contributed by atoms with Gasteiger partial charge in [-0.15, -0.1) is 0 Å². The molecule has 5 nitrogen and oxygen atoms in total. The Morgan fingerprint density at radius 3 is 2.11 bits per heavy atom. The number of sulfonamides is 1. The Morgan fingerprint density at radius 2 is 1.46 bits per heavy atom. The van der Waals surface area contributed by atoms with E-state index < -0.39 is 10.0 Å². The predicted molar refractivity (Wildman–Crippen MR) is 108 cm³/mol. The van der Waals surface area contributed by atoms with Crippen molar-refractivity contribution in [2.45, 2.75) is 4.90 Å². The molecule has 2 N–H and O–H groups in total. The van der Waals surface area contributed by atoms with Crippen molar-refractivity contribution in [3.63, 3.8) is 0 Å². The van der Waals surface area contributed by atoms with Gasteiger partial charge in [-0.3, -0.25) is 9.52 Å². The van der Waals surface area contributed by atoms with Crippen LogP contribution in [0.15, 0.2) is 89.8 Å². The molecule has 3 rings (SSSR count). The normalized spacial score (nSPS) is 11.3. The maximum absolute atomic E-state index is 12.9. The Labute approximate surface area is 162 Å². The first-order valence-corrected chi connectivity index (χ1v) is 9.83. The second-order valence-corrected chi connectivity index (χ2v) is 7.55. The second kappa shape index (κ2) is 8.49. The molecular formula is C21H17FN2O3S. The molecule has 0 spiro atoms. The second-order valence-electron chi connectivity index (χ2n) is 5.87. The van der Waals surface area contributed by atoms with E-state index in [0.717, 1.165) is 0 Å². The van der Waals surface area contributed by atoms with Crippen molar-refractivity contribution in [2.75, 3.05) is 10.0 Å². The number of hydrogen-bond donors (Lipinski definition) is 2. The minimum Gasteiger partial charge on any atom is -0.323 e. The number of carbonyl (C=O) groups excluding carboxylic acids is 1. The van der Waals surface area contributed by atoms with Crippen LogP contribution in [-0.4, -0.2) is 14.3 Å². The standard InChI is InChI=1S/C21H17FN2O3S/c22-17-9-6-16(7-10-17)8-15-21(25)23-18-11-13-20(14-12-18)28(26,27)24-19-4-2-1-3-5-19/h1-15,24H,(H,23,25). The lowest BCUT2D eigenvalue weighted by molar-refractivity contribution is -0.111. The number of rotatable bonds is 6. The van der Waals surface area contributed by atoms with E-state index in [4.69, 9.17) is 0 Å². The van der Waals surface area contributed by atoms with Gasteiger partial charge in [0.05, 0.1) is 4.90 Å². The van der Waals surface area contributed by atoms with Crippen LogP contribution >= 0.6 is 0 Å². The zero-order valence-corrected chi connectivity index (χ0v) is 15.5. The number of para-hydroxylation sites is 1. The van der Waals surface area contributed by atoms with Crippen LogP contribution in [0.5, 0.6) is 0 Å². The first kappa shape index (κ1) is 19.3. The van der Waals surface area contributed by atoms with Crippen molar-refractivity contribution in [1.29, 1.82) is 0 Å². The molecule has 0 atom stereocenters. The molecule has 142 valence electrons. The van der Waals surface area contributed by atoms with Crippen LogP contribution in [0.1, 0.15) is 5.56 Å². The van der Waals surface area contributed by atoms with Crippen LogP contribution in [0.2, 0.25) is 0 Å². The summed E-state index contributed by atoms with van der Waals surface area (Å²) >= 11 is 0.